The summed E-state index contributed by atoms with van der Waals surface area (Å²) in [5.41, 5.74) is 2.21. The third-order valence-corrected chi connectivity index (χ3v) is 2.11. The van der Waals surface area contributed by atoms with E-state index in [4.69, 9.17) is 0 Å². The Morgan fingerprint density at radius 3 is 2.46 bits per heavy atom. The Balaban J connectivity index is 2.47. The lowest BCUT2D eigenvalue weighted by atomic mass is 10.2. The summed E-state index contributed by atoms with van der Waals surface area (Å²) in [4.78, 5) is 0. The maximum atomic E-state index is 4.22. The molecular formula is C9H9N3S. The minimum atomic E-state index is 0.740. The second-order valence-electron chi connectivity index (χ2n) is 2.84. The van der Waals surface area contributed by atoms with Crippen molar-refractivity contribution < 1.29 is 0 Å². The molecule has 0 unspecified atom stereocenters. The van der Waals surface area contributed by atoms with Crippen molar-refractivity contribution in [1.29, 1.82) is 0 Å². The van der Waals surface area contributed by atoms with E-state index in [9.17, 15) is 0 Å². The van der Waals surface area contributed by atoms with Crippen LogP contribution in [0.2, 0.25) is 0 Å². The van der Waals surface area contributed by atoms with Gasteiger partial charge in [-0.2, -0.15) is 0 Å². The van der Waals surface area contributed by atoms with E-state index in [1.165, 1.54) is 5.56 Å². The molecule has 2 aromatic rings. The lowest BCUT2D eigenvalue weighted by molar-refractivity contribution is 0.758. The van der Waals surface area contributed by atoms with E-state index >= 15 is 0 Å². The number of aromatic nitrogens is 3. The van der Waals surface area contributed by atoms with Gasteiger partial charge in [-0.15, -0.1) is 17.7 Å². The summed E-state index contributed by atoms with van der Waals surface area (Å²) in [6.45, 7) is 2.05. The molecule has 1 heterocycles. The Hall–Kier alpha value is -1.29. The normalized spacial score (nSPS) is 10.3. The van der Waals surface area contributed by atoms with E-state index in [0.29, 0.717) is 0 Å². The zero-order valence-corrected chi connectivity index (χ0v) is 8.07. The topological polar surface area (TPSA) is 30.7 Å². The number of hydrogen-bond donors (Lipinski definition) is 1. The van der Waals surface area contributed by atoms with Crippen LogP contribution < -0.4 is 0 Å². The molecule has 0 aliphatic rings. The van der Waals surface area contributed by atoms with Gasteiger partial charge in [-0.25, -0.2) is 4.68 Å². The minimum Gasteiger partial charge on any atom is -0.207 e. The molecule has 66 valence electrons. The van der Waals surface area contributed by atoms with Crippen LogP contribution in [0.4, 0.5) is 0 Å². The first-order valence-corrected chi connectivity index (χ1v) is 4.39. The zero-order chi connectivity index (χ0) is 9.26. The van der Waals surface area contributed by atoms with E-state index in [0.717, 1.165) is 10.7 Å². The maximum absolute atomic E-state index is 4.22. The van der Waals surface area contributed by atoms with Crippen molar-refractivity contribution in [3.8, 4) is 5.69 Å². The van der Waals surface area contributed by atoms with Gasteiger partial charge in [-0.05, 0) is 19.1 Å². The van der Waals surface area contributed by atoms with E-state index in [1.54, 1.807) is 10.9 Å². The van der Waals surface area contributed by atoms with Crippen LogP contribution >= 0.6 is 12.6 Å². The number of nitrogens with zero attached hydrogens (tertiary/aromatic N) is 3. The second kappa shape index (κ2) is 3.22. The minimum absolute atomic E-state index is 0.740. The first kappa shape index (κ1) is 8.31. The number of aryl methyl sites for hydroxylation is 1. The Kier molecular flexibility index (Phi) is 2.06. The van der Waals surface area contributed by atoms with Crippen LogP contribution in [0, 0.1) is 6.92 Å². The summed E-state index contributed by atoms with van der Waals surface area (Å²) >= 11 is 4.22. The van der Waals surface area contributed by atoms with Crippen LogP contribution in [0.15, 0.2) is 35.5 Å². The molecule has 0 amide bonds. The zero-order valence-electron chi connectivity index (χ0n) is 7.18. The fraction of sp³-hybridized carbons (Fsp3) is 0.111. The Morgan fingerprint density at radius 1 is 1.23 bits per heavy atom. The van der Waals surface area contributed by atoms with Crippen molar-refractivity contribution in [3.05, 3.63) is 36.0 Å². The van der Waals surface area contributed by atoms with Crippen molar-refractivity contribution in [3.63, 3.8) is 0 Å². The molecule has 0 fully saturated rings. The molecule has 0 atom stereocenters. The van der Waals surface area contributed by atoms with Crippen molar-refractivity contribution in [2.24, 2.45) is 0 Å². The number of benzene rings is 1. The molecule has 4 heteroatoms. The van der Waals surface area contributed by atoms with Gasteiger partial charge in [0.25, 0.3) is 0 Å². The highest BCUT2D eigenvalue weighted by atomic mass is 32.1. The van der Waals surface area contributed by atoms with Crippen molar-refractivity contribution in [1.82, 2.24) is 15.0 Å². The Labute approximate surface area is 81.8 Å². The van der Waals surface area contributed by atoms with Crippen molar-refractivity contribution >= 4 is 12.6 Å². The molecule has 0 radical (unpaired) electrons. The fourth-order valence-corrected chi connectivity index (χ4v) is 1.31. The lowest BCUT2D eigenvalue weighted by Gasteiger charge is -2.01. The smallest absolute Gasteiger partial charge is 0.117 e. The van der Waals surface area contributed by atoms with Crippen molar-refractivity contribution in [2.75, 3.05) is 0 Å². The van der Waals surface area contributed by atoms with Gasteiger partial charge in [-0.1, -0.05) is 22.9 Å². The molecule has 1 aromatic heterocycles. The van der Waals surface area contributed by atoms with Crippen LogP contribution in [0.5, 0.6) is 0 Å². The highest BCUT2D eigenvalue weighted by Gasteiger charge is 2.00. The fourth-order valence-electron chi connectivity index (χ4n) is 1.10. The molecule has 13 heavy (non-hydrogen) atoms. The Bertz CT molecular complexity index is 405. The molecule has 0 aliphatic carbocycles. The summed E-state index contributed by atoms with van der Waals surface area (Å²) < 4.78 is 1.68. The van der Waals surface area contributed by atoms with Gasteiger partial charge in [0.1, 0.15) is 5.03 Å². The molecule has 0 bridgehead atoms. The SMILES string of the molecule is Cc1ccc(-n2nncc2S)cc1. The van der Waals surface area contributed by atoms with Gasteiger partial charge in [0.05, 0.1) is 11.9 Å². The highest BCUT2D eigenvalue weighted by Crippen LogP contribution is 2.12. The molecule has 3 nitrogen and oxygen atoms in total. The molecule has 0 N–H and O–H groups in total. The van der Waals surface area contributed by atoms with Gasteiger partial charge in [0, 0.05) is 0 Å². The number of rotatable bonds is 1. The molecule has 2 rings (SSSR count). The highest BCUT2D eigenvalue weighted by molar-refractivity contribution is 7.80. The van der Waals surface area contributed by atoms with Gasteiger partial charge < -0.3 is 0 Å². The first-order chi connectivity index (χ1) is 6.27. The van der Waals surface area contributed by atoms with Crippen LogP contribution in [0.1, 0.15) is 5.56 Å². The van der Waals surface area contributed by atoms with E-state index in [-0.39, 0.29) is 0 Å². The number of hydrogen-bond acceptors (Lipinski definition) is 3. The summed E-state index contributed by atoms with van der Waals surface area (Å²) in [5.74, 6) is 0. The van der Waals surface area contributed by atoms with Gasteiger partial charge >= 0.3 is 0 Å². The van der Waals surface area contributed by atoms with Crippen LogP contribution in [-0.4, -0.2) is 15.0 Å². The predicted molar refractivity (Wildman–Crippen MR) is 53.3 cm³/mol. The summed E-state index contributed by atoms with van der Waals surface area (Å²) in [5, 5.41) is 8.40. The largest absolute Gasteiger partial charge is 0.207 e. The second-order valence-corrected chi connectivity index (χ2v) is 3.30. The quantitative estimate of drug-likeness (QED) is 0.697. The van der Waals surface area contributed by atoms with E-state index < -0.39 is 0 Å². The summed E-state index contributed by atoms with van der Waals surface area (Å²) in [6, 6.07) is 8.04. The predicted octanol–water partition coefficient (Wildman–Crippen LogP) is 1.86. The molecule has 0 saturated carbocycles. The van der Waals surface area contributed by atoms with E-state index in [2.05, 4.69) is 22.9 Å². The average Bonchev–Trinajstić information content (AvgIpc) is 2.53. The van der Waals surface area contributed by atoms with Crippen LogP contribution in [-0.2, 0) is 0 Å². The first-order valence-electron chi connectivity index (χ1n) is 3.94. The maximum Gasteiger partial charge on any atom is 0.117 e. The monoisotopic (exact) mass is 191 g/mol. The lowest BCUT2D eigenvalue weighted by Crippen LogP contribution is -1.96. The van der Waals surface area contributed by atoms with E-state index in [1.807, 2.05) is 31.2 Å². The molecular weight excluding hydrogens is 182 g/mol. The summed E-state index contributed by atoms with van der Waals surface area (Å²) in [7, 11) is 0. The molecule has 0 spiro atoms. The molecule has 0 saturated heterocycles. The van der Waals surface area contributed by atoms with Gasteiger partial charge in [0.15, 0.2) is 0 Å². The van der Waals surface area contributed by atoms with Crippen LogP contribution in [0.3, 0.4) is 0 Å². The molecule has 0 aliphatic heterocycles. The van der Waals surface area contributed by atoms with Gasteiger partial charge in [0.2, 0.25) is 0 Å². The average molecular weight is 191 g/mol. The van der Waals surface area contributed by atoms with Crippen molar-refractivity contribution in [2.45, 2.75) is 11.9 Å². The standard InChI is InChI=1S/C9H9N3S/c1-7-2-4-8(5-3-7)12-9(13)6-10-11-12/h2-6,13H,1H3. The van der Waals surface area contributed by atoms with Crippen LogP contribution in [0.25, 0.3) is 5.69 Å². The Morgan fingerprint density at radius 2 is 1.92 bits per heavy atom. The van der Waals surface area contributed by atoms with Gasteiger partial charge in [-0.3, -0.25) is 0 Å². The number of thiol groups is 1. The molecule has 1 aromatic carbocycles. The third kappa shape index (κ3) is 1.58. The third-order valence-electron chi connectivity index (χ3n) is 1.81. The summed E-state index contributed by atoms with van der Waals surface area (Å²) in [6.07, 6.45) is 1.61.